The van der Waals surface area contributed by atoms with Gasteiger partial charge in [0.1, 0.15) is 5.75 Å². The fraction of sp³-hybridized carbons (Fsp3) is 0.348. The topological polar surface area (TPSA) is 75.7 Å². The summed E-state index contributed by atoms with van der Waals surface area (Å²) in [7, 11) is -3.41. The molecule has 7 heteroatoms. The van der Waals surface area contributed by atoms with Crippen LogP contribution in [0.4, 0.5) is 5.69 Å². The molecule has 1 N–H and O–H groups in total. The number of hydrogen-bond acceptors (Lipinski definition) is 4. The zero-order valence-electron chi connectivity index (χ0n) is 17.8. The second-order valence-electron chi connectivity index (χ2n) is 7.30. The van der Waals surface area contributed by atoms with Crippen LogP contribution >= 0.6 is 0 Å². The minimum Gasteiger partial charge on any atom is -0.491 e. The molecule has 0 saturated carbocycles. The summed E-state index contributed by atoms with van der Waals surface area (Å²) in [6.45, 7) is 8.29. The van der Waals surface area contributed by atoms with Gasteiger partial charge in [0.25, 0.3) is 5.91 Å². The van der Waals surface area contributed by atoms with E-state index in [1.54, 1.807) is 24.3 Å². The molecule has 30 heavy (non-hydrogen) atoms. The summed E-state index contributed by atoms with van der Waals surface area (Å²) < 4.78 is 30.7. The normalized spacial score (nSPS) is 11.2. The highest BCUT2D eigenvalue weighted by Gasteiger charge is 2.16. The molecule has 0 spiro atoms. The first-order chi connectivity index (χ1) is 14.2. The van der Waals surface area contributed by atoms with E-state index >= 15 is 0 Å². The predicted molar refractivity (Wildman–Crippen MR) is 122 cm³/mol. The zero-order chi connectivity index (χ0) is 22.1. The van der Waals surface area contributed by atoms with Crippen LogP contribution in [0.3, 0.4) is 0 Å². The van der Waals surface area contributed by atoms with Gasteiger partial charge in [-0.05, 0) is 68.7 Å². The molecule has 162 valence electrons. The molecule has 0 aliphatic heterocycles. The Bertz CT molecular complexity index is 953. The second kappa shape index (κ2) is 10.8. The quantitative estimate of drug-likeness (QED) is 0.435. The van der Waals surface area contributed by atoms with Gasteiger partial charge in [0.2, 0.25) is 10.0 Å². The van der Waals surface area contributed by atoms with Crippen molar-refractivity contribution in [3.8, 4) is 5.75 Å². The van der Waals surface area contributed by atoms with Crippen LogP contribution in [-0.4, -0.2) is 39.8 Å². The van der Waals surface area contributed by atoms with E-state index in [0.717, 1.165) is 30.4 Å². The van der Waals surface area contributed by atoms with Gasteiger partial charge in [0.15, 0.2) is 0 Å². The number of carbonyl (C=O) groups is 1. The summed E-state index contributed by atoms with van der Waals surface area (Å²) in [5.74, 6) is 0.666. The summed E-state index contributed by atoms with van der Waals surface area (Å²) in [4.78, 5) is 12.4. The summed E-state index contributed by atoms with van der Waals surface area (Å²) in [6, 6.07) is 14.5. The van der Waals surface area contributed by atoms with Crippen molar-refractivity contribution >= 4 is 21.6 Å². The van der Waals surface area contributed by atoms with Gasteiger partial charge in [-0.1, -0.05) is 18.2 Å². The Labute approximate surface area is 179 Å². The van der Waals surface area contributed by atoms with E-state index in [2.05, 4.69) is 11.9 Å². The number of aryl methyl sites for hydroxylation is 1. The number of sulfonamides is 1. The fourth-order valence-corrected chi connectivity index (χ4v) is 3.85. The minimum absolute atomic E-state index is 0.132. The highest BCUT2D eigenvalue weighted by atomic mass is 32.2. The number of amides is 1. The first kappa shape index (κ1) is 23.5. The number of anilines is 1. The number of rotatable bonds is 11. The van der Waals surface area contributed by atoms with Crippen LogP contribution in [0.25, 0.3) is 0 Å². The van der Waals surface area contributed by atoms with Crippen molar-refractivity contribution in [1.29, 1.82) is 0 Å². The van der Waals surface area contributed by atoms with E-state index in [9.17, 15) is 13.2 Å². The number of hydrogen-bond donors (Lipinski definition) is 1. The third kappa shape index (κ3) is 7.22. The number of nitrogens with zero attached hydrogens (tertiary/aromatic N) is 1. The molecule has 0 heterocycles. The smallest absolute Gasteiger partial charge is 0.251 e. The van der Waals surface area contributed by atoms with E-state index in [1.165, 1.54) is 10.4 Å². The molecule has 0 bridgehead atoms. The van der Waals surface area contributed by atoms with E-state index < -0.39 is 10.0 Å². The van der Waals surface area contributed by atoms with E-state index in [1.807, 2.05) is 38.1 Å². The van der Waals surface area contributed by atoms with Crippen LogP contribution in [0.5, 0.6) is 5.75 Å². The number of benzene rings is 2. The van der Waals surface area contributed by atoms with Crippen molar-refractivity contribution in [1.82, 2.24) is 5.32 Å². The highest BCUT2D eigenvalue weighted by Crippen LogP contribution is 2.19. The van der Waals surface area contributed by atoms with Crippen molar-refractivity contribution in [3.05, 3.63) is 72.3 Å². The van der Waals surface area contributed by atoms with Gasteiger partial charge in [-0.2, -0.15) is 0 Å². The second-order valence-corrected chi connectivity index (χ2v) is 9.21. The molecule has 0 aliphatic rings. The molecule has 0 aromatic heterocycles. The molecular weight excluding hydrogens is 400 g/mol. The van der Waals surface area contributed by atoms with Crippen molar-refractivity contribution in [3.63, 3.8) is 0 Å². The van der Waals surface area contributed by atoms with Crippen molar-refractivity contribution in [2.45, 2.75) is 32.8 Å². The van der Waals surface area contributed by atoms with Crippen LogP contribution in [-0.2, 0) is 16.4 Å². The number of carbonyl (C=O) groups excluding carboxylic acids is 1. The molecule has 0 radical (unpaired) electrons. The van der Waals surface area contributed by atoms with Crippen LogP contribution in [0.1, 0.15) is 36.2 Å². The Hall–Kier alpha value is -2.80. The standard InChI is InChI=1S/C23H30N2O4S/c1-5-16-25(30(4,27)28)21-13-11-20(12-14-21)23(26)24-15-7-9-19-8-6-10-22(17-19)29-18(2)3/h5-6,8,10-14,17-18H,1,7,9,15-16H2,2-4H3,(H,24,26). The monoisotopic (exact) mass is 430 g/mol. The maximum absolute atomic E-state index is 12.4. The molecule has 0 atom stereocenters. The van der Waals surface area contributed by atoms with Crippen LogP contribution in [0.2, 0.25) is 0 Å². The molecule has 0 saturated heterocycles. The molecule has 0 unspecified atom stereocenters. The molecule has 0 aliphatic carbocycles. The summed E-state index contributed by atoms with van der Waals surface area (Å²) >= 11 is 0. The summed E-state index contributed by atoms with van der Waals surface area (Å²) in [6.07, 6.45) is 4.43. The third-order valence-electron chi connectivity index (χ3n) is 4.31. The lowest BCUT2D eigenvalue weighted by atomic mass is 10.1. The number of ether oxygens (including phenoxy) is 1. The van der Waals surface area contributed by atoms with Gasteiger partial charge in [-0.25, -0.2) is 8.42 Å². The number of nitrogens with one attached hydrogen (secondary N) is 1. The fourth-order valence-electron chi connectivity index (χ4n) is 2.97. The van der Waals surface area contributed by atoms with Gasteiger partial charge < -0.3 is 10.1 Å². The molecule has 6 nitrogen and oxygen atoms in total. The lowest BCUT2D eigenvalue weighted by molar-refractivity contribution is 0.0953. The van der Waals surface area contributed by atoms with E-state index in [4.69, 9.17) is 4.74 Å². The third-order valence-corrected chi connectivity index (χ3v) is 5.47. The maximum Gasteiger partial charge on any atom is 0.251 e. The maximum atomic E-state index is 12.4. The Morgan fingerprint density at radius 2 is 1.90 bits per heavy atom. The van der Waals surface area contributed by atoms with Crippen molar-refractivity contribution in [2.75, 3.05) is 23.7 Å². The van der Waals surface area contributed by atoms with E-state index in [-0.39, 0.29) is 18.6 Å². The predicted octanol–water partition coefficient (Wildman–Crippen LogP) is 3.79. The lowest BCUT2D eigenvalue weighted by Crippen LogP contribution is -2.30. The molecule has 2 rings (SSSR count). The average Bonchev–Trinajstić information content (AvgIpc) is 2.68. The molecule has 0 fully saturated rings. The Morgan fingerprint density at radius 1 is 1.20 bits per heavy atom. The first-order valence-corrected chi connectivity index (χ1v) is 11.8. The van der Waals surface area contributed by atoms with Crippen LogP contribution in [0, 0.1) is 0 Å². The molecular formula is C23H30N2O4S. The Balaban J connectivity index is 1.87. The van der Waals surface area contributed by atoms with Gasteiger partial charge in [0.05, 0.1) is 24.6 Å². The zero-order valence-corrected chi connectivity index (χ0v) is 18.6. The lowest BCUT2D eigenvalue weighted by Gasteiger charge is -2.20. The van der Waals surface area contributed by atoms with Crippen LogP contribution in [0.15, 0.2) is 61.2 Å². The average molecular weight is 431 g/mol. The van der Waals surface area contributed by atoms with Crippen LogP contribution < -0.4 is 14.4 Å². The SMILES string of the molecule is C=CCN(c1ccc(C(=O)NCCCc2cccc(OC(C)C)c2)cc1)S(C)(=O)=O. The Morgan fingerprint density at radius 3 is 2.50 bits per heavy atom. The molecule has 2 aromatic rings. The first-order valence-electron chi connectivity index (χ1n) is 9.93. The molecule has 1 amide bonds. The van der Waals surface area contributed by atoms with Gasteiger partial charge in [0, 0.05) is 12.1 Å². The van der Waals surface area contributed by atoms with Gasteiger partial charge in [-0.3, -0.25) is 9.10 Å². The minimum atomic E-state index is -3.41. The van der Waals surface area contributed by atoms with Gasteiger partial charge >= 0.3 is 0 Å². The van der Waals surface area contributed by atoms with Crippen molar-refractivity contribution < 1.29 is 17.9 Å². The highest BCUT2D eigenvalue weighted by molar-refractivity contribution is 7.92. The van der Waals surface area contributed by atoms with E-state index in [0.29, 0.717) is 17.8 Å². The largest absolute Gasteiger partial charge is 0.491 e. The molecule has 2 aromatic carbocycles. The Kier molecular flexibility index (Phi) is 8.47. The van der Waals surface area contributed by atoms with Gasteiger partial charge in [-0.15, -0.1) is 6.58 Å². The summed E-state index contributed by atoms with van der Waals surface area (Å²) in [5.41, 5.74) is 2.14. The van der Waals surface area contributed by atoms with Crippen molar-refractivity contribution in [2.24, 2.45) is 0 Å². The summed E-state index contributed by atoms with van der Waals surface area (Å²) in [5, 5.41) is 2.90.